The number of amidine groups is 2. The second-order valence-corrected chi connectivity index (χ2v) is 11.1. The van der Waals surface area contributed by atoms with Gasteiger partial charge in [-0.05, 0) is 57.3 Å². The molecule has 44 heavy (non-hydrogen) atoms. The SMILES string of the molecule is C1=CC2=C(c3ccc(-c4ccc5ccccc5c4C4N=C(c5ccccc5)NC(c5ccccc5)=[NH+]4)cc3)C=C[N-]C2C=C1. The number of fused-ring (bicyclic) bond motifs is 2. The van der Waals surface area contributed by atoms with Gasteiger partial charge < -0.3 is 5.32 Å². The van der Waals surface area contributed by atoms with Crippen molar-refractivity contribution in [3.63, 3.8) is 0 Å². The van der Waals surface area contributed by atoms with Gasteiger partial charge in [-0.1, -0.05) is 139 Å². The maximum Gasteiger partial charge on any atom is 0.283 e. The Balaban J connectivity index is 1.28. The summed E-state index contributed by atoms with van der Waals surface area (Å²) in [5.41, 5.74) is 9.23. The number of benzene rings is 5. The Bertz CT molecular complexity index is 1990. The van der Waals surface area contributed by atoms with Crippen molar-refractivity contribution >= 4 is 28.0 Å². The Kier molecular flexibility index (Phi) is 6.58. The molecular weight excluding hydrogens is 536 g/mol. The highest BCUT2D eigenvalue weighted by Gasteiger charge is 2.29. The van der Waals surface area contributed by atoms with Gasteiger partial charge in [0.2, 0.25) is 12.0 Å². The van der Waals surface area contributed by atoms with E-state index < -0.39 is 0 Å². The first-order valence-electron chi connectivity index (χ1n) is 15.0. The lowest BCUT2D eigenvalue weighted by molar-refractivity contribution is -0.510. The number of allylic oxidation sites excluding steroid dienone is 4. The molecular formula is C40H30N4. The first kappa shape index (κ1) is 25.9. The molecule has 4 nitrogen and oxygen atoms in total. The molecule has 0 saturated heterocycles. The zero-order valence-electron chi connectivity index (χ0n) is 24.1. The lowest BCUT2D eigenvalue weighted by Gasteiger charge is -2.35. The predicted octanol–water partition coefficient (Wildman–Crippen LogP) is 7.23. The van der Waals surface area contributed by atoms with Crippen LogP contribution >= 0.6 is 0 Å². The van der Waals surface area contributed by atoms with E-state index in [1.54, 1.807) is 0 Å². The van der Waals surface area contributed by atoms with E-state index in [2.05, 4.69) is 155 Å². The third-order valence-corrected chi connectivity index (χ3v) is 8.44. The molecule has 0 fully saturated rings. The van der Waals surface area contributed by atoms with Crippen LogP contribution in [0.15, 0.2) is 168 Å². The summed E-state index contributed by atoms with van der Waals surface area (Å²) < 4.78 is 0. The molecule has 2 unspecified atom stereocenters. The maximum absolute atomic E-state index is 5.30. The van der Waals surface area contributed by atoms with E-state index in [1.165, 1.54) is 27.5 Å². The largest absolute Gasteiger partial charge is 0.681 e. The van der Waals surface area contributed by atoms with E-state index >= 15 is 0 Å². The van der Waals surface area contributed by atoms with Crippen LogP contribution in [0.25, 0.3) is 32.8 Å². The summed E-state index contributed by atoms with van der Waals surface area (Å²) in [5, 5.41) is 10.6. The molecule has 5 aromatic rings. The van der Waals surface area contributed by atoms with Crippen LogP contribution in [-0.4, -0.2) is 17.7 Å². The van der Waals surface area contributed by atoms with Gasteiger partial charge in [-0.25, -0.2) is 10.3 Å². The summed E-state index contributed by atoms with van der Waals surface area (Å²) >= 11 is 0. The van der Waals surface area contributed by atoms with E-state index in [9.17, 15) is 0 Å². The Hall–Kier alpha value is -5.74. The highest BCUT2D eigenvalue weighted by molar-refractivity contribution is 6.13. The van der Waals surface area contributed by atoms with E-state index in [-0.39, 0.29) is 12.2 Å². The average molecular weight is 567 g/mol. The van der Waals surface area contributed by atoms with Crippen LogP contribution in [0.5, 0.6) is 0 Å². The Morgan fingerprint density at radius 2 is 1.36 bits per heavy atom. The number of nitrogens with one attached hydrogen (secondary N) is 2. The molecule has 2 N–H and O–H groups in total. The van der Waals surface area contributed by atoms with Gasteiger partial charge in [0.15, 0.2) is 0 Å². The fourth-order valence-corrected chi connectivity index (χ4v) is 6.28. The van der Waals surface area contributed by atoms with Gasteiger partial charge >= 0.3 is 0 Å². The third kappa shape index (κ3) is 4.77. The lowest BCUT2D eigenvalue weighted by atomic mass is 9.88. The van der Waals surface area contributed by atoms with E-state index in [4.69, 9.17) is 4.99 Å². The van der Waals surface area contributed by atoms with Gasteiger partial charge in [-0.15, -0.1) is 0 Å². The molecule has 210 valence electrons. The van der Waals surface area contributed by atoms with Crippen molar-refractivity contribution in [2.75, 3.05) is 0 Å². The summed E-state index contributed by atoms with van der Waals surface area (Å²) in [6, 6.07) is 42.8. The first-order chi connectivity index (χ1) is 21.8. The quantitative estimate of drug-likeness (QED) is 0.232. The minimum absolute atomic E-state index is 0.0875. The molecule has 0 amide bonds. The molecule has 2 aliphatic heterocycles. The van der Waals surface area contributed by atoms with Gasteiger partial charge in [-0.3, -0.25) is 0 Å². The standard InChI is InChI=1S/C40H29N4/c1-3-12-30(13-4-1)38-42-39(31-14-5-2-6-15-31)44-40(43-38)37-33-16-8-7-11-27(33)23-24-34(37)29-21-19-28(20-22-29)32-25-26-41-36-18-10-9-17-35(32)36/h1-26,36,40H,(H,42,43,44)/q-1/p+1. The topological polar surface area (TPSA) is 52.5 Å². The zero-order valence-corrected chi connectivity index (χ0v) is 24.1. The van der Waals surface area contributed by atoms with Crippen molar-refractivity contribution in [3.8, 4) is 11.1 Å². The lowest BCUT2D eigenvalue weighted by Crippen LogP contribution is -2.80. The van der Waals surface area contributed by atoms with E-state index in [1.807, 2.05) is 18.3 Å². The number of nitrogens with zero attached hydrogens (tertiary/aromatic N) is 2. The van der Waals surface area contributed by atoms with Crippen LogP contribution in [0, 0.1) is 0 Å². The van der Waals surface area contributed by atoms with Crippen molar-refractivity contribution in [1.82, 2.24) is 5.32 Å². The second-order valence-electron chi connectivity index (χ2n) is 11.1. The summed E-state index contributed by atoms with van der Waals surface area (Å²) in [4.78, 5) is 9.06. The van der Waals surface area contributed by atoms with Crippen LogP contribution in [-0.2, 0) is 0 Å². The maximum atomic E-state index is 5.30. The van der Waals surface area contributed by atoms with Gasteiger partial charge in [0.1, 0.15) is 0 Å². The molecule has 2 atom stereocenters. The molecule has 0 radical (unpaired) electrons. The summed E-state index contributed by atoms with van der Waals surface area (Å²) in [7, 11) is 0. The zero-order chi connectivity index (χ0) is 29.3. The van der Waals surface area contributed by atoms with Crippen molar-refractivity contribution < 1.29 is 4.99 Å². The minimum atomic E-state index is -0.310. The first-order valence-corrected chi connectivity index (χ1v) is 15.0. The van der Waals surface area contributed by atoms with Crippen molar-refractivity contribution in [2.45, 2.75) is 12.2 Å². The predicted molar refractivity (Wildman–Crippen MR) is 181 cm³/mol. The monoisotopic (exact) mass is 566 g/mol. The normalized spacial score (nSPS) is 18.7. The van der Waals surface area contributed by atoms with E-state index in [0.717, 1.165) is 39.5 Å². The van der Waals surface area contributed by atoms with Gasteiger partial charge in [-0.2, -0.15) is 11.2 Å². The van der Waals surface area contributed by atoms with Crippen LogP contribution in [0.4, 0.5) is 0 Å². The number of hydrogen-bond acceptors (Lipinski definition) is 2. The van der Waals surface area contributed by atoms with Gasteiger partial charge in [0.05, 0.1) is 5.56 Å². The molecule has 5 aromatic carbocycles. The highest BCUT2D eigenvalue weighted by Crippen LogP contribution is 2.37. The van der Waals surface area contributed by atoms with Crippen molar-refractivity contribution in [3.05, 3.63) is 191 Å². The van der Waals surface area contributed by atoms with Crippen LogP contribution in [0.2, 0.25) is 0 Å². The smallest absolute Gasteiger partial charge is 0.283 e. The Morgan fingerprint density at radius 1 is 0.636 bits per heavy atom. The highest BCUT2D eigenvalue weighted by atomic mass is 15.2. The second kappa shape index (κ2) is 11.2. The van der Waals surface area contributed by atoms with Crippen molar-refractivity contribution in [2.24, 2.45) is 4.99 Å². The van der Waals surface area contributed by atoms with Crippen LogP contribution in [0.1, 0.15) is 28.4 Å². The number of hydrogen-bond donors (Lipinski definition) is 2. The summed E-state index contributed by atoms with van der Waals surface area (Å²) in [6.07, 6.45) is 12.2. The van der Waals surface area contributed by atoms with Crippen LogP contribution in [0.3, 0.4) is 0 Å². The number of rotatable bonds is 5. The summed E-state index contributed by atoms with van der Waals surface area (Å²) in [6.45, 7) is 0. The average Bonchev–Trinajstić information content (AvgIpc) is 3.11. The minimum Gasteiger partial charge on any atom is -0.681 e. The Labute approximate surface area is 257 Å². The van der Waals surface area contributed by atoms with Gasteiger partial charge in [0, 0.05) is 11.1 Å². The molecule has 3 aliphatic rings. The molecule has 4 heteroatoms. The summed E-state index contributed by atoms with van der Waals surface area (Å²) in [5.74, 6) is 1.78. The van der Waals surface area contributed by atoms with Gasteiger partial charge in [0.25, 0.3) is 5.84 Å². The third-order valence-electron chi connectivity index (χ3n) is 8.44. The molecule has 0 aromatic heterocycles. The molecule has 0 saturated carbocycles. The fourth-order valence-electron chi connectivity index (χ4n) is 6.28. The van der Waals surface area contributed by atoms with Crippen LogP contribution < -0.4 is 10.3 Å². The molecule has 0 bridgehead atoms. The number of aliphatic imine (C=N–C) groups is 1. The molecule has 2 heterocycles. The van der Waals surface area contributed by atoms with E-state index in [0.29, 0.717) is 0 Å². The van der Waals surface area contributed by atoms with Crippen molar-refractivity contribution in [1.29, 1.82) is 0 Å². The molecule has 1 aliphatic carbocycles. The Morgan fingerprint density at radius 3 is 2.18 bits per heavy atom. The fraction of sp³-hybridized carbons (Fsp3) is 0.0500. The molecule has 8 rings (SSSR count). The molecule has 0 spiro atoms.